The van der Waals surface area contributed by atoms with Crippen LogP contribution in [0.2, 0.25) is 0 Å². The van der Waals surface area contributed by atoms with Gasteiger partial charge in [-0.25, -0.2) is 0 Å². The van der Waals surface area contributed by atoms with Crippen LogP contribution in [0.4, 0.5) is 5.69 Å². The van der Waals surface area contributed by atoms with Crippen molar-refractivity contribution in [3.05, 3.63) is 36.7 Å². The molecular formula is C15H14N2O2S. The van der Waals surface area contributed by atoms with Crippen LogP contribution in [0.5, 0.6) is 0 Å². The highest BCUT2D eigenvalue weighted by atomic mass is 32.2. The van der Waals surface area contributed by atoms with Crippen molar-refractivity contribution < 1.29 is 9.59 Å². The molecule has 0 radical (unpaired) electrons. The van der Waals surface area contributed by atoms with Gasteiger partial charge in [-0.1, -0.05) is 36.0 Å². The van der Waals surface area contributed by atoms with Crippen LogP contribution in [0.1, 0.15) is 13.3 Å². The van der Waals surface area contributed by atoms with Gasteiger partial charge in [-0.2, -0.15) is 0 Å². The Morgan fingerprint density at radius 2 is 2.15 bits per heavy atom. The Labute approximate surface area is 121 Å². The zero-order chi connectivity index (χ0) is 14.1. The minimum absolute atomic E-state index is 0.0407. The van der Waals surface area contributed by atoms with Gasteiger partial charge in [0.2, 0.25) is 5.91 Å². The van der Waals surface area contributed by atoms with Gasteiger partial charge >= 0.3 is 0 Å². The van der Waals surface area contributed by atoms with Crippen molar-refractivity contribution >= 4 is 39.2 Å². The van der Waals surface area contributed by atoms with Gasteiger partial charge in [0.05, 0.1) is 11.9 Å². The fraction of sp³-hybridized carbons (Fsp3) is 0.267. The van der Waals surface area contributed by atoms with E-state index in [-0.39, 0.29) is 16.3 Å². The van der Waals surface area contributed by atoms with Gasteiger partial charge in [0, 0.05) is 42.1 Å². The number of hydrogen-bond donors (Lipinski definition) is 0. The Bertz CT molecular complexity index is 681. The molecule has 3 rings (SSSR count). The molecule has 2 aromatic rings. The number of nitrogens with zero attached hydrogens (tertiary/aromatic N) is 2. The summed E-state index contributed by atoms with van der Waals surface area (Å²) in [6.07, 6.45) is 3.93. The van der Waals surface area contributed by atoms with Crippen molar-refractivity contribution in [1.82, 2.24) is 4.98 Å². The van der Waals surface area contributed by atoms with Crippen LogP contribution in [0.25, 0.3) is 10.8 Å². The molecule has 0 aliphatic carbocycles. The van der Waals surface area contributed by atoms with E-state index < -0.39 is 0 Å². The molecule has 20 heavy (non-hydrogen) atoms. The van der Waals surface area contributed by atoms with E-state index in [2.05, 4.69) is 4.98 Å². The number of rotatable bonds is 2. The van der Waals surface area contributed by atoms with E-state index in [4.69, 9.17) is 0 Å². The summed E-state index contributed by atoms with van der Waals surface area (Å²) < 4.78 is 0. The third kappa shape index (κ3) is 2.41. The van der Waals surface area contributed by atoms with Crippen molar-refractivity contribution in [3.8, 4) is 0 Å². The molecule has 0 bridgehead atoms. The Kier molecular flexibility index (Phi) is 3.44. The highest BCUT2D eigenvalue weighted by molar-refractivity contribution is 8.14. The number of fused-ring (bicyclic) bond motifs is 1. The maximum absolute atomic E-state index is 12.2. The van der Waals surface area contributed by atoms with E-state index in [1.165, 1.54) is 18.7 Å². The largest absolute Gasteiger partial charge is 0.309 e. The molecule has 1 fully saturated rings. The number of aromatic nitrogens is 1. The lowest BCUT2D eigenvalue weighted by Crippen LogP contribution is -2.25. The van der Waals surface area contributed by atoms with Gasteiger partial charge in [-0.15, -0.1) is 0 Å². The first-order valence-electron chi connectivity index (χ1n) is 6.45. The zero-order valence-electron chi connectivity index (χ0n) is 11.1. The second-order valence-corrected chi connectivity index (χ2v) is 6.30. The summed E-state index contributed by atoms with van der Waals surface area (Å²) in [5.41, 5.74) is 0.833. The van der Waals surface area contributed by atoms with Crippen molar-refractivity contribution in [2.45, 2.75) is 18.6 Å². The molecular weight excluding hydrogens is 272 g/mol. The molecule has 1 amide bonds. The highest BCUT2D eigenvalue weighted by Gasteiger charge is 2.32. The molecule has 1 aliphatic heterocycles. The molecule has 2 heterocycles. The minimum Gasteiger partial charge on any atom is -0.309 e. The maximum atomic E-state index is 12.2. The van der Waals surface area contributed by atoms with Gasteiger partial charge in [-0.05, 0) is 0 Å². The van der Waals surface area contributed by atoms with Crippen LogP contribution in [0.15, 0.2) is 36.7 Å². The molecule has 0 spiro atoms. The van der Waals surface area contributed by atoms with Crippen molar-refractivity contribution in [2.24, 2.45) is 0 Å². The average molecular weight is 286 g/mol. The van der Waals surface area contributed by atoms with Gasteiger partial charge in [0.1, 0.15) is 0 Å². The van der Waals surface area contributed by atoms with Crippen molar-refractivity contribution in [2.75, 3.05) is 11.4 Å². The van der Waals surface area contributed by atoms with Crippen molar-refractivity contribution in [3.63, 3.8) is 0 Å². The van der Waals surface area contributed by atoms with Gasteiger partial charge in [-0.3, -0.25) is 14.6 Å². The monoisotopic (exact) mass is 286 g/mol. The van der Waals surface area contributed by atoms with E-state index in [0.717, 1.165) is 16.5 Å². The van der Waals surface area contributed by atoms with Gasteiger partial charge < -0.3 is 4.90 Å². The fourth-order valence-electron chi connectivity index (χ4n) is 2.54. The maximum Gasteiger partial charge on any atom is 0.228 e. The normalized spacial score (nSPS) is 18.8. The quantitative estimate of drug-likeness (QED) is 0.851. The number of pyridine rings is 1. The van der Waals surface area contributed by atoms with E-state index >= 15 is 0 Å². The number of carbonyl (C=O) groups excluding carboxylic acids is 2. The lowest BCUT2D eigenvalue weighted by atomic mass is 10.1. The van der Waals surface area contributed by atoms with Gasteiger partial charge in [0.25, 0.3) is 0 Å². The number of carbonyl (C=O) groups is 2. The molecule has 1 aromatic heterocycles. The first kappa shape index (κ1) is 13.1. The summed E-state index contributed by atoms with van der Waals surface area (Å²) in [6.45, 7) is 2.11. The first-order chi connectivity index (χ1) is 9.65. The van der Waals surface area contributed by atoms with E-state index in [9.17, 15) is 9.59 Å². The summed E-state index contributed by atoms with van der Waals surface area (Å²) in [5, 5.41) is 2.13. The Balaban J connectivity index is 1.95. The summed E-state index contributed by atoms with van der Waals surface area (Å²) in [4.78, 5) is 29.3. The van der Waals surface area contributed by atoms with E-state index in [0.29, 0.717) is 13.0 Å². The summed E-state index contributed by atoms with van der Waals surface area (Å²) in [6, 6.07) is 7.88. The van der Waals surface area contributed by atoms with E-state index in [1.807, 2.05) is 24.3 Å². The topological polar surface area (TPSA) is 50.3 Å². The SMILES string of the molecule is CC(=O)SC1CC(=O)N(c2cncc3ccccc23)C1. The second kappa shape index (κ2) is 5.25. The third-order valence-electron chi connectivity index (χ3n) is 3.36. The van der Waals surface area contributed by atoms with Crippen molar-refractivity contribution in [1.29, 1.82) is 0 Å². The second-order valence-electron chi connectivity index (χ2n) is 4.82. The lowest BCUT2D eigenvalue weighted by Gasteiger charge is -2.18. The zero-order valence-corrected chi connectivity index (χ0v) is 11.9. The fourth-order valence-corrected chi connectivity index (χ4v) is 3.46. The molecule has 1 saturated heterocycles. The smallest absolute Gasteiger partial charge is 0.228 e. The van der Waals surface area contributed by atoms with Gasteiger partial charge in [0.15, 0.2) is 5.12 Å². The molecule has 1 aliphatic rings. The molecule has 0 N–H and O–H groups in total. The Hall–Kier alpha value is -1.88. The summed E-state index contributed by atoms with van der Waals surface area (Å²) >= 11 is 1.25. The average Bonchev–Trinajstić information content (AvgIpc) is 2.78. The number of anilines is 1. The molecule has 1 atom stereocenters. The first-order valence-corrected chi connectivity index (χ1v) is 7.33. The third-order valence-corrected chi connectivity index (χ3v) is 4.34. The van der Waals surface area contributed by atoms with Crippen LogP contribution >= 0.6 is 11.8 Å². The summed E-state index contributed by atoms with van der Waals surface area (Å²) in [7, 11) is 0. The highest BCUT2D eigenvalue weighted by Crippen LogP contribution is 2.32. The summed E-state index contributed by atoms with van der Waals surface area (Å²) in [5.74, 6) is 0.0573. The molecule has 1 aromatic carbocycles. The predicted octanol–water partition coefficient (Wildman–Crippen LogP) is 2.62. The van der Waals surface area contributed by atoms with Crippen LogP contribution in [-0.4, -0.2) is 27.8 Å². The predicted molar refractivity (Wildman–Crippen MR) is 80.8 cm³/mol. The molecule has 102 valence electrons. The number of benzene rings is 1. The number of thioether (sulfide) groups is 1. The number of hydrogen-bond acceptors (Lipinski definition) is 4. The van der Waals surface area contributed by atoms with Crippen LogP contribution < -0.4 is 4.90 Å². The minimum atomic E-state index is 0.0407. The Morgan fingerprint density at radius 1 is 1.35 bits per heavy atom. The van der Waals surface area contributed by atoms with E-state index in [1.54, 1.807) is 17.3 Å². The lowest BCUT2D eigenvalue weighted by molar-refractivity contribution is -0.117. The number of amides is 1. The molecule has 4 nitrogen and oxygen atoms in total. The molecule has 1 unspecified atom stereocenters. The molecule has 0 saturated carbocycles. The molecule has 5 heteroatoms. The van der Waals surface area contributed by atoms with Crippen LogP contribution in [-0.2, 0) is 9.59 Å². The Morgan fingerprint density at radius 3 is 2.95 bits per heavy atom. The van der Waals surface area contributed by atoms with Crippen LogP contribution in [0, 0.1) is 0 Å². The van der Waals surface area contributed by atoms with Crippen LogP contribution in [0.3, 0.4) is 0 Å². The standard InChI is InChI=1S/C15H14N2O2S/c1-10(18)20-12-6-15(19)17(9-12)14-8-16-7-11-4-2-3-5-13(11)14/h2-5,7-8,12H,6,9H2,1H3.